The Labute approximate surface area is 78.5 Å². The van der Waals surface area contributed by atoms with Gasteiger partial charge in [0.25, 0.3) is 0 Å². The fraction of sp³-hybridized carbons (Fsp3) is 0.800. The first-order valence-corrected chi connectivity index (χ1v) is 7.82. The van der Waals surface area contributed by atoms with Crippen LogP contribution < -0.4 is 0 Å². The summed E-state index contributed by atoms with van der Waals surface area (Å²) >= 11 is 0. The maximum absolute atomic E-state index is 5.50. The van der Waals surface area contributed by atoms with Gasteiger partial charge in [-0.05, 0) is 25.9 Å². The zero-order chi connectivity index (χ0) is 9.23. The molecule has 0 spiro atoms. The number of hydrogen-bond acceptors (Lipinski definition) is 1. The molecule has 0 aromatic heterocycles. The van der Waals surface area contributed by atoms with Gasteiger partial charge < -0.3 is 4.43 Å². The van der Waals surface area contributed by atoms with E-state index in [1.807, 2.05) is 0 Å². The van der Waals surface area contributed by atoms with Gasteiger partial charge in [0.1, 0.15) is 0 Å². The highest BCUT2D eigenvalue weighted by atomic mass is 28.3. The lowest BCUT2D eigenvalue weighted by Crippen LogP contribution is -2.06. The fourth-order valence-electron chi connectivity index (χ4n) is 0.946. The molecule has 0 aromatic rings. The number of hydrogen-bond donors (Lipinski definition) is 0. The Bertz CT molecular complexity index is 110. The lowest BCUT2D eigenvalue weighted by molar-refractivity contribution is 0.374. The molecule has 0 fully saturated rings. The van der Waals surface area contributed by atoms with E-state index in [0.29, 0.717) is 0 Å². The van der Waals surface area contributed by atoms with Crippen LogP contribution >= 0.6 is 0 Å². The topological polar surface area (TPSA) is 9.23 Å². The third-order valence-electron chi connectivity index (χ3n) is 1.67. The normalized spacial score (nSPS) is 11.7. The van der Waals surface area contributed by atoms with Crippen LogP contribution in [0.25, 0.3) is 0 Å². The van der Waals surface area contributed by atoms with E-state index < -0.39 is 9.04 Å². The Kier molecular flexibility index (Phi) is 8.95. The van der Waals surface area contributed by atoms with Crippen LogP contribution in [0, 0.1) is 0 Å². The monoisotopic (exact) mass is 186 g/mol. The Morgan fingerprint density at radius 3 is 2.50 bits per heavy atom. The highest BCUT2D eigenvalue weighted by Gasteiger charge is 1.90. The van der Waals surface area contributed by atoms with Gasteiger partial charge in [0.2, 0.25) is 0 Å². The SMILES string of the molecule is CCCCCC=CCO[SiH](C)C. The summed E-state index contributed by atoms with van der Waals surface area (Å²) in [6, 6.07) is 0. The summed E-state index contributed by atoms with van der Waals surface area (Å²) in [5.74, 6) is 0. The molecule has 0 aliphatic heterocycles. The number of rotatable bonds is 7. The van der Waals surface area contributed by atoms with Crippen molar-refractivity contribution in [2.24, 2.45) is 0 Å². The van der Waals surface area contributed by atoms with Gasteiger partial charge in [-0.2, -0.15) is 0 Å². The van der Waals surface area contributed by atoms with E-state index in [2.05, 4.69) is 32.2 Å². The van der Waals surface area contributed by atoms with E-state index in [-0.39, 0.29) is 0 Å². The molecule has 0 saturated carbocycles. The standard InChI is InChI=1S/C10H22OSi/c1-4-5-6-7-8-9-10-11-12(2)3/h8-9,12H,4-7,10H2,1-3H3. The van der Waals surface area contributed by atoms with E-state index in [1.165, 1.54) is 25.7 Å². The Hall–Kier alpha value is -0.0831. The van der Waals surface area contributed by atoms with E-state index in [9.17, 15) is 0 Å². The molecule has 0 unspecified atom stereocenters. The number of allylic oxidation sites excluding steroid dienone is 1. The molecule has 0 N–H and O–H groups in total. The molecule has 0 saturated heterocycles. The maximum Gasteiger partial charge on any atom is 0.171 e. The van der Waals surface area contributed by atoms with Crippen LogP contribution in [0.2, 0.25) is 13.1 Å². The van der Waals surface area contributed by atoms with Crippen LogP contribution in [0.15, 0.2) is 12.2 Å². The summed E-state index contributed by atoms with van der Waals surface area (Å²) in [6.45, 7) is 7.46. The van der Waals surface area contributed by atoms with E-state index in [0.717, 1.165) is 6.61 Å². The van der Waals surface area contributed by atoms with Gasteiger partial charge in [-0.1, -0.05) is 31.9 Å². The van der Waals surface area contributed by atoms with Crippen molar-refractivity contribution >= 4 is 9.04 Å². The van der Waals surface area contributed by atoms with Gasteiger partial charge in [0.15, 0.2) is 9.04 Å². The summed E-state index contributed by atoms with van der Waals surface area (Å²) in [6.07, 6.45) is 9.60. The van der Waals surface area contributed by atoms with Crippen LogP contribution in [-0.4, -0.2) is 15.6 Å². The van der Waals surface area contributed by atoms with Gasteiger partial charge in [0, 0.05) is 0 Å². The van der Waals surface area contributed by atoms with Crippen LogP contribution in [0.4, 0.5) is 0 Å². The Morgan fingerprint density at radius 2 is 1.92 bits per heavy atom. The molecule has 1 nitrogen and oxygen atoms in total. The van der Waals surface area contributed by atoms with Crippen molar-refractivity contribution in [1.82, 2.24) is 0 Å². The summed E-state index contributed by atoms with van der Waals surface area (Å²) in [5, 5.41) is 0. The first-order valence-electron chi connectivity index (χ1n) is 5.04. The molecule has 0 heterocycles. The highest BCUT2D eigenvalue weighted by Crippen LogP contribution is 1.99. The predicted molar refractivity (Wildman–Crippen MR) is 58.1 cm³/mol. The Balaban J connectivity index is 3.04. The largest absolute Gasteiger partial charge is 0.417 e. The maximum atomic E-state index is 5.50. The van der Waals surface area contributed by atoms with E-state index in [1.54, 1.807) is 0 Å². The second kappa shape index (κ2) is 9.01. The lowest BCUT2D eigenvalue weighted by atomic mass is 10.2. The third kappa shape index (κ3) is 9.92. The molecular weight excluding hydrogens is 164 g/mol. The van der Waals surface area contributed by atoms with Crippen LogP contribution in [0.3, 0.4) is 0 Å². The summed E-state index contributed by atoms with van der Waals surface area (Å²) < 4.78 is 5.50. The summed E-state index contributed by atoms with van der Waals surface area (Å²) in [4.78, 5) is 0. The fourth-order valence-corrected chi connectivity index (χ4v) is 1.44. The van der Waals surface area contributed by atoms with Gasteiger partial charge in [-0.25, -0.2) is 0 Å². The summed E-state index contributed by atoms with van der Waals surface area (Å²) in [7, 11) is -0.787. The second-order valence-corrected chi connectivity index (χ2v) is 5.78. The van der Waals surface area contributed by atoms with Gasteiger partial charge in [-0.15, -0.1) is 0 Å². The van der Waals surface area contributed by atoms with E-state index in [4.69, 9.17) is 4.43 Å². The molecule has 0 rings (SSSR count). The minimum absolute atomic E-state index is 0.787. The third-order valence-corrected chi connectivity index (χ3v) is 2.53. The second-order valence-electron chi connectivity index (χ2n) is 3.35. The first kappa shape index (κ1) is 11.9. The molecule has 0 aliphatic rings. The average molecular weight is 186 g/mol. The molecule has 0 bridgehead atoms. The van der Waals surface area contributed by atoms with Crippen molar-refractivity contribution < 1.29 is 4.43 Å². The molecule has 0 aliphatic carbocycles. The summed E-state index contributed by atoms with van der Waals surface area (Å²) in [5.41, 5.74) is 0. The van der Waals surface area contributed by atoms with Gasteiger partial charge in [-0.3, -0.25) is 0 Å². The molecule has 2 heteroatoms. The molecule has 0 atom stereocenters. The lowest BCUT2D eigenvalue weighted by Gasteiger charge is -2.01. The van der Waals surface area contributed by atoms with Crippen molar-refractivity contribution in [1.29, 1.82) is 0 Å². The minimum atomic E-state index is -0.787. The molecule has 0 radical (unpaired) electrons. The minimum Gasteiger partial charge on any atom is -0.417 e. The first-order chi connectivity index (χ1) is 5.77. The van der Waals surface area contributed by atoms with Crippen molar-refractivity contribution in [3.63, 3.8) is 0 Å². The van der Waals surface area contributed by atoms with Crippen LogP contribution in [0.1, 0.15) is 32.6 Å². The molecule has 0 amide bonds. The van der Waals surface area contributed by atoms with Crippen molar-refractivity contribution in [3.05, 3.63) is 12.2 Å². The zero-order valence-corrected chi connectivity index (χ0v) is 9.83. The quantitative estimate of drug-likeness (QED) is 0.337. The van der Waals surface area contributed by atoms with Crippen molar-refractivity contribution in [2.45, 2.75) is 45.7 Å². The highest BCUT2D eigenvalue weighted by molar-refractivity contribution is 6.48. The van der Waals surface area contributed by atoms with E-state index >= 15 is 0 Å². The zero-order valence-electron chi connectivity index (χ0n) is 8.68. The van der Waals surface area contributed by atoms with Gasteiger partial charge >= 0.3 is 0 Å². The van der Waals surface area contributed by atoms with Crippen LogP contribution in [0.5, 0.6) is 0 Å². The number of unbranched alkanes of at least 4 members (excludes halogenated alkanes) is 3. The molecule has 0 aromatic carbocycles. The molecular formula is C10H22OSi. The Morgan fingerprint density at radius 1 is 1.17 bits per heavy atom. The van der Waals surface area contributed by atoms with Crippen molar-refractivity contribution in [3.8, 4) is 0 Å². The molecule has 12 heavy (non-hydrogen) atoms. The van der Waals surface area contributed by atoms with Crippen LogP contribution in [-0.2, 0) is 4.43 Å². The average Bonchev–Trinajstić information content (AvgIpc) is 2.02. The van der Waals surface area contributed by atoms with Gasteiger partial charge in [0.05, 0.1) is 6.61 Å². The smallest absolute Gasteiger partial charge is 0.171 e. The predicted octanol–water partition coefficient (Wildman–Crippen LogP) is 3.12. The van der Waals surface area contributed by atoms with Crippen molar-refractivity contribution in [2.75, 3.05) is 6.61 Å². The molecule has 72 valence electrons.